The zero-order valence-corrected chi connectivity index (χ0v) is 10.1. The van der Waals surface area contributed by atoms with E-state index in [1.54, 1.807) is 0 Å². The van der Waals surface area contributed by atoms with Crippen LogP contribution >= 0.6 is 0 Å². The van der Waals surface area contributed by atoms with Crippen LogP contribution in [0.3, 0.4) is 0 Å². The van der Waals surface area contributed by atoms with Crippen LogP contribution in [-0.4, -0.2) is 34.8 Å². The number of benzene rings is 1. The van der Waals surface area contributed by atoms with Gasteiger partial charge in [-0.2, -0.15) is 13.2 Å². The molecule has 1 aromatic rings. The molecule has 1 aromatic carbocycles. The fraction of sp³-hybridized carbons (Fsp3) is 0.364. The third kappa shape index (κ3) is 5.22. The van der Waals surface area contributed by atoms with Gasteiger partial charge in [0.15, 0.2) is 0 Å². The first-order valence-corrected chi connectivity index (χ1v) is 5.45. The minimum absolute atomic E-state index is 0.248. The van der Waals surface area contributed by atoms with Crippen LogP contribution in [0.15, 0.2) is 24.3 Å². The Hall–Kier alpha value is -2.16. The zero-order valence-electron chi connectivity index (χ0n) is 10.1. The predicted molar refractivity (Wildman–Crippen MR) is 62.3 cm³/mol. The molecule has 9 heteroatoms. The Morgan fingerprint density at radius 2 is 2.10 bits per heavy atom. The lowest BCUT2D eigenvalue weighted by atomic mass is 10.1. The molecule has 0 aliphatic carbocycles. The fourth-order valence-electron chi connectivity index (χ4n) is 1.52. The van der Waals surface area contributed by atoms with Gasteiger partial charge in [-0.25, -0.2) is 0 Å². The van der Waals surface area contributed by atoms with Crippen molar-refractivity contribution in [1.29, 1.82) is 0 Å². The second-order valence-corrected chi connectivity index (χ2v) is 4.02. The van der Waals surface area contributed by atoms with Crippen LogP contribution in [-0.2, 0) is 11.2 Å². The van der Waals surface area contributed by atoms with E-state index >= 15 is 0 Å². The largest absolute Gasteiger partial charge is 0.480 e. The van der Waals surface area contributed by atoms with Crippen molar-refractivity contribution in [2.24, 2.45) is 0 Å². The lowest BCUT2D eigenvalue weighted by molar-refractivity contribution is -0.384. The molecule has 0 amide bonds. The van der Waals surface area contributed by atoms with Gasteiger partial charge in [0, 0.05) is 12.1 Å². The van der Waals surface area contributed by atoms with Crippen molar-refractivity contribution in [3.8, 4) is 0 Å². The number of non-ortho nitro benzene ring substituents is 1. The normalized spacial score (nSPS) is 12.9. The summed E-state index contributed by atoms with van der Waals surface area (Å²) in [5.41, 5.74) is 0.0173. The molecule has 0 fully saturated rings. The van der Waals surface area contributed by atoms with Crippen molar-refractivity contribution in [2.75, 3.05) is 6.54 Å². The first-order valence-electron chi connectivity index (χ1n) is 5.45. The minimum Gasteiger partial charge on any atom is -0.480 e. The summed E-state index contributed by atoms with van der Waals surface area (Å²) >= 11 is 0. The van der Waals surface area contributed by atoms with Crippen LogP contribution < -0.4 is 5.32 Å². The number of hydrogen-bond donors (Lipinski definition) is 2. The van der Waals surface area contributed by atoms with Gasteiger partial charge in [0.05, 0.1) is 11.5 Å². The Balaban J connectivity index is 2.78. The second kappa shape index (κ2) is 6.33. The van der Waals surface area contributed by atoms with Crippen molar-refractivity contribution in [3.63, 3.8) is 0 Å². The highest BCUT2D eigenvalue weighted by Crippen LogP contribution is 2.16. The van der Waals surface area contributed by atoms with Crippen LogP contribution in [0.4, 0.5) is 18.9 Å². The Bertz CT molecular complexity index is 505. The summed E-state index contributed by atoms with van der Waals surface area (Å²) in [5.74, 6) is -1.46. The molecule has 0 aromatic heterocycles. The van der Waals surface area contributed by atoms with Crippen LogP contribution in [0, 0.1) is 10.1 Å². The van der Waals surface area contributed by atoms with E-state index in [9.17, 15) is 28.1 Å². The van der Waals surface area contributed by atoms with Gasteiger partial charge in [-0.05, 0) is 12.0 Å². The molecule has 0 aliphatic heterocycles. The number of nitro benzene ring substituents is 1. The van der Waals surface area contributed by atoms with Crippen LogP contribution in [0.5, 0.6) is 0 Å². The van der Waals surface area contributed by atoms with Crippen molar-refractivity contribution in [1.82, 2.24) is 5.32 Å². The maximum Gasteiger partial charge on any atom is 0.401 e. The molecule has 6 nitrogen and oxygen atoms in total. The summed E-state index contributed by atoms with van der Waals surface area (Å²) in [6.45, 7) is -1.45. The molecular weight excluding hydrogens is 281 g/mol. The third-order valence-electron chi connectivity index (χ3n) is 2.41. The van der Waals surface area contributed by atoms with Gasteiger partial charge in [-0.3, -0.25) is 20.2 Å². The molecule has 0 radical (unpaired) electrons. The summed E-state index contributed by atoms with van der Waals surface area (Å²) in [6.07, 6.45) is -4.82. The number of hydrogen-bond acceptors (Lipinski definition) is 4. The Morgan fingerprint density at radius 3 is 2.60 bits per heavy atom. The maximum atomic E-state index is 12.0. The van der Waals surface area contributed by atoms with Gasteiger partial charge in [-0.15, -0.1) is 0 Å². The van der Waals surface area contributed by atoms with Gasteiger partial charge in [0.1, 0.15) is 6.04 Å². The summed E-state index contributed by atoms with van der Waals surface area (Å²) in [5, 5.41) is 21.3. The molecule has 0 bridgehead atoms. The minimum atomic E-state index is -4.53. The van der Waals surface area contributed by atoms with Crippen molar-refractivity contribution < 1.29 is 28.0 Å². The van der Waals surface area contributed by atoms with Gasteiger partial charge >= 0.3 is 12.1 Å². The number of carbonyl (C=O) groups is 1. The van der Waals surface area contributed by atoms with Gasteiger partial charge < -0.3 is 5.11 Å². The third-order valence-corrected chi connectivity index (χ3v) is 2.41. The molecule has 0 saturated carbocycles. The lowest BCUT2D eigenvalue weighted by Crippen LogP contribution is -2.43. The topological polar surface area (TPSA) is 92.5 Å². The van der Waals surface area contributed by atoms with Gasteiger partial charge in [0.2, 0.25) is 0 Å². The fourth-order valence-corrected chi connectivity index (χ4v) is 1.52. The maximum absolute atomic E-state index is 12.0. The Labute approximate surface area is 111 Å². The molecule has 0 aliphatic rings. The monoisotopic (exact) mass is 292 g/mol. The summed E-state index contributed by atoms with van der Waals surface area (Å²) in [4.78, 5) is 20.8. The molecule has 0 spiro atoms. The highest BCUT2D eigenvalue weighted by Gasteiger charge is 2.30. The molecular formula is C11H11F3N2O4. The Kier molecular flexibility index (Phi) is 5.03. The highest BCUT2D eigenvalue weighted by atomic mass is 19.4. The molecule has 2 N–H and O–H groups in total. The molecule has 0 heterocycles. The average Bonchev–Trinajstić information content (AvgIpc) is 2.33. The summed E-state index contributed by atoms with van der Waals surface area (Å²) in [6, 6.07) is 3.63. The second-order valence-electron chi connectivity index (χ2n) is 4.02. The highest BCUT2D eigenvalue weighted by molar-refractivity contribution is 5.74. The molecule has 0 saturated heterocycles. The van der Waals surface area contributed by atoms with Crippen molar-refractivity contribution in [2.45, 2.75) is 18.6 Å². The van der Waals surface area contributed by atoms with Gasteiger partial charge in [-0.1, -0.05) is 12.1 Å². The quantitative estimate of drug-likeness (QED) is 0.615. The average molecular weight is 292 g/mol. The molecule has 1 rings (SSSR count). The first-order chi connectivity index (χ1) is 9.19. The van der Waals surface area contributed by atoms with E-state index in [-0.39, 0.29) is 17.7 Å². The molecule has 1 atom stereocenters. The van der Waals surface area contributed by atoms with E-state index < -0.39 is 29.7 Å². The van der Waals surface area contributed by atoms with E-state index in [0.29, 0.717) is 0 Å². The van der Waals surface area contributed by atoms with E-state index in [1.165, 1.54) is 18.2 Å². The van der Waals surface area contributed by atoms with E-state index in [0.717, 1.165) is 6.07 Å². The standard InChI is InChI=1S/C11H11F3N2O4/c12-11(13,14)6-15-9(10(17)18)5-7-2-1-3-8(4-7)16(19)20/h1-4,9,15H,5-6H2,(H,17,18). The number of nitrogens with one attached hydrogen (secondary N) is 1. The van der Waals surface area contributed by atoms with E-state index in [2.05, 4.69) is 0 Å². The molecule has 1 unspecified atom stereocenters. The number of nitro groups is 1. The summed E-state index contributed by atoms with van der Waals surface area (Å²) < 4.78 is 36.1. The summed E-state index contributed by atoms with van der Waals surface area (Å²) in [7, 11) is 0. The number of rotatable bonds is 6. The number of carboxylic acids is 1. The number of nitrogens with zero attached hydrogens (tertiary/aromatic N) is 1. The zero-order chi connectivity index (χ0) is 15.3. The van der Waals surface area contributed by atoms with Crippen molar-refractivity contribution >= 4 is 11.7 Å². The van der Waals surface area contributed by atoms with E-state index in [4.69, 9.17) is 5.11 Å². The molecule has 110 valence electrons. The van der Waals surface area contributed by atoms with Gasteiger partial charge in [0.25, 0.3) is 5.69 Å². The smallest absolute Gasteiger partial charge is 0.401 e. The Morgan fingerprint density at radius 1 is 1.45 bits per heavy atom. The number of aliphatic carboxylic acids is 1. The predicted octanol–water partition coefficient (Wildman–Crippen LogP) is 1.74. The SMILES string of the molecule is O=C(O)C(Cc1cccc([N+](=O)[O-])c1)NCC(F)(F)F. The van der Waals surface area contributed by atoms with Crippen LogP contribution in [0.1, 0.15) is 5.56 Å². The molecule has 20 heavy (non-hydrogen) atoms. The number of alkyl halides is 3. The lowest BCUT2D eigenvalue weighted by Gasteiger charge is -2.15. The van der Waals surface area contributed by atoms with Crippen molar-refractivity contribution in [3.05, 3.63) is 39.9 Å². The number of halogens is 3. The number of carboxylic acid groups (broad SMARTS) is 1. The van der Waals surface area contributed by atoms with Crippen LogP contribution in [0.2, 0.25) is 0 Å². The van der Waals surface area contributed by atoms with Crippen LogP contribution in [0.25, 0.3) is 0 Å². The first kappa shape index (κ1) is 15.9. The van der Waals surface area contributed by atoms with E-state index in [1.807, 2.05) is 5.32 Å².